The minimum Gasteiger partial charge on any atom is -0.398 e. The van der Waals surface area contributed by atoms with E-state index in [2.05, 4.69) is 4.98 Å². The number of aryl methyl sites for hydroxylation is 1. The molecule has 84 valence electrons. The lowest BCUT2D eigenvalue weighted by atomic mass is 10.1. The van der Waals surface area contributed by atoms with Crippen LogP contribution in [0.5, 0.6) is 0 Å². The van der Waals surface area contributed by atoms with Crippen molar-refractivity contribution in [3.05, 3.63) is 41.5 Å². The van der Waals surface area contributed by atoms with E-state index in [-0.39, 0.29) is 6.61 Å². The summed E-state index contributed by atoms with van der Waals surface area (Å²) in [7, 11) is 0. The van der Waals surface area contributed by atoms with Crippen molar-refractivity contribution >= 4 is 5.69 Å². The average molecular weight is 217 g/mol. The van der Waals surface area contributed by atoms with Gasteiger partial charge < -0.3 is 15.4 Å². The van der Waals surface area contributed by atoms with Crippen molar-refractivity contribution in [2.45, 2.75) is 20.5 Å². The first-order valence-corrected chi connectivity index (χ1v) is 5.13. The Bertz CT molecular complexity index is 517. The first kappa shape index (κ1) is 10.7. The molecule has 1 aromatic heterocycles. The summed E-state index contributed by atoms with van der Waals surface area (Å²) in [4.78, 5) is 4.10. The molecule has 0 atom stereocenters. The van der Waals surface area contributed by atoms with Crippen molar-refractivity contribution in [2.75, 3.05) is 5.73 Å². The van der Waals surface area contributed by atoms with Gasteiger partial charge in [0, 0.05) is 11.9 Å². The van der Waals surface area contributed by atoms with Gasteiger partial charge in [0.15, 0.2) is 0 Å². The lowest BCUT2D eigenvalue weighted by Gasteiger charge is -2.12. The normalized spacial score (nSPS) is 10.7. The highest BCUT2D eigenvalue weighted by atomic mass is 16.3. The summed E-state index contributed by atoms with van der Waals surface area (Å²) >= 11 is 0. The van der Waals surface area contributed by atoms with Crippen molar-refractivity contribution in [3.8, 4) is 5.69 Å². The van der Waals surface area contributed by atoms with Crippen molar-refractivity contribution in [1.29, 1.82) is 0 Å². The third kappa shape index (κ3) is 1.67. The van der Waals surface area contributed by atoms with E-state index >= 15 is 0 Å². The third-order valence-electron chi connectivity index (χ3n) is 2.73. The standard InChI is InChI=1S/C12H15N3O/c1-8-3-4-11(13)9(2)12(8)15-5-10(6-16)14-7-15/h3-5,7,16H,6,13H2,1-2H3. The topological polar surface area (TPSA) is 64.1 Å². The predicted molar refractivity (Wildman–Crippen MR) is 63.4 cm³/mol. The molecule has 0 aliphatic heterocycles. The molecule has 4 heteroatoms. The van der Waals surface area contributed by atoms with Gasteiger partial charge in [-0.3, -0.25) is 0 Å². The van der Waals surface area contributed by atoms with Crippen LogP contribution in [-0.4, -0.2) is 14.7 Å². The largest absolute Gasteiger partial charge is 0.398 e. The van der Waals surface area contributed by atoms with Crippen LogP contribution in [0.15, 0.2) is 24.7 Å². The van der Waals surface area contributed by atoms with E-state index in [1.54, 1.807) is 6.33 Å². The van der Waals surface area contributed by atoms with Gasteiger partial charge in [-0.1, -0.05) is 6.07 Å². The Kier molecular flexibility index (Phi) is 2.66. The first-order valence-electron chi connectivity index (χ1n) is 5.13. The van der Waals surface area contributed by atoms with Crippen LogP contribution in [0, 0.1) is 13.8 Å². The number of rotatable bonds is 2. The molecule has 0 saturated carbocycles. The molecule has 2 rings (SSSR count). The third-order valence-corrected chi connectivity index (χ3v) is 2.73. The Morgan fingerprint density at radius 3 is 2.75 bits per heavy atom. The molecule has 0 bridgehead atoms. The molecule has 0 unspecified atom stereocenters. The maximum absolute atomic E-state index is 8.99. The molecule has 0 saturated heterocycles. The van der Waals surface area contributed by atoms with Crippen LogP contribution in [0.4, 0.5) is 5.69 Å². The number of aliphatic hydroxyl groups is 1. The summed E-state index contributed by atoms with van der Waals surface area (Å²) in [5.41, 5.74) is 10.5. The Balaban J connectivity index is 2.58. The van der Waals surface area contributed by atoms with Crippen molar-refractivity contribution in [2.24, 2.45) is 0 Å². The van der Waals surface area contributed by atoms with Crippen LogP contribution >= 0.6 is 0 Å². The number of anilines is 1. The number of imidazole rings is 1. The zero-order valence-electron chi connectivity index (χ0n) is 9.44. The number of aromatic nitrogens is 2. The number of benzene rings is 1. The van der Waals surface area contributed by atoms with E-state index in [9.17, 15) is 0 Å². The van der Waals surface area contributed by atoms with Crippen LogP contribution in [-0.2, 0) is 6.61 Å². The molecule has 0 radical (unpaired) electrons. The number of aliphatic hydroxyl groups excluding tert-OH is 1. The number of hydrogen-bond donors (Lipinski definition) is 2. The van der Waals surface area contributed by atoms with E-state index in [0.717, 1.165) is 22.5 Å². The van der Waals surface area contributed by atoms with Crippen LogP contribution in [0.1, 0.15) is 16.8 Å². The van der Waals surface area contributed by atoms with Crippen molar-refractivity contribution in [1.82, 2.24) is 9.55 Å². The highest BCUT2D eigenvalue weighted by Crippen LogP contribution is 2.24. The molecule has 1 aromatic carbocycles. The predicted octanol–water partition coefficient (Wildman–Crippen LogP) is 1.56. The summed E-state index contributed by atoms with van der Waals surface area (Å²) in [5.74, 6) is 0. The summed E-state index contributed by atoms with van der Waals surface area (Å²) in [6.07, 6.45) is 3.51. The Morgan fingerprint density at radius 1 is 1.38 bits per heavy atom. The minimum atomic E-state index is -0.0482. The van der Waals surface area contributed by atoms with Crippen molar-refractivity contribution < 1.29 is 5.11 Å². The highest BCUT2D eigenvalue weighted by Gasteiger charge is 2.08. The molecule has 3 N–H and O–H groups in total. The van der Waals surface area contributed by atoms with Crippen LogP contribution in [0.3, 0.4) is 0 Å². The van der Waals surface area contributed by atoms with Gasteiger partial charge in [0.05, 0.1) is 24.3 Å². The summed E-state index contributed by atoms with van der Waals surface area (Å²) in [5, 5.41) is 8.99. The molecule has 0 fully saturated rings. The second-order valence-electron chi connectivity index (χ2n) is 3.88. The zero-order chi connectivity index (χ0) is 11.7. The lowest BCUT2D eigenvalue weighted by molar-refractivity contribution is 0.277. The molecule has 0 aliphatic carbocycles. The maximum Gasteiger partial charge on any atom is 0.0996 e. The van der Waals surface area contributed by atoms with Crippen LogP contribution in [0.25, 0.3) is 5.69 Å². The van der Waals surface area contributed by atoms with Crippen LogP contribution in [0.2, 0.25) is 0 Å². The second-order valence-corrected chi connectivity index (χ2v) is 3.88. The Morgan fingerprint density at radius 2 is 2.12 bits per heavy atom. The fourth-order valence-electron chi connectivity index (χ4n) is 1.82. The lowest BCUT2D eigenvalue weighted by Crippen LogP contribution is -2.01. The SMILES string of the molecule is Cc1ccc(N)c(C)c1-n1cnc(CO)c1. The van der Waals surface area contributed by atoms with E-state index in [4.69, 9.17) is 10.8 Å². The fourth-order valence-corrected chi connectivity index (χ4v) is 1.82. The summed E-state index contributed by atoms with van der Waals surface area (Å²) in [6.45, 7) is 3.96. The molecule has 0 amide bonds. The Labute approximate surface area is 94.4 Å². The molecule has 0 aliphatic rings. The van der Waals surface area contributed by atoms with Crippen molar-refractivity contribution in [3.63, 3.8) is 0 Å². The average Bonchev–Trinajstić information content (AvgIpc) is 2.73. The van der Waals surface area contributed by atoms with Gasteiger partial charge in [0.2, 0.25) is 0 Å². The molecule has 4 nitrogen and oxygen atoms in total. The quantitative estimate of drug-likeness (QED) is 0.750. The molecule has 2 aromatic rings. The maximum atomic E-state index is 8.99. The van der Waals surface area contributed by atoms with Gasteiger partial charge in [-0.25, -0.2) is 4.98 Å². The molecular weight excluding hydrogens is 202 g/mol. The van der Waals surface area contributed by atoms with E-state index < -0.39 is 0 Å². The smallest absolute Gasteiger partial charge is 0.0996 e. The second kappa shape index (κ2) is 3.98. The van der Waals surface area contributed by atoms with Gasteiger partial charge in [-0.15, -0.1) is 0 Å². The van der Waals surface area contributed by atoms with Gasteiger partial charge >= 0.3 is 0 Å². The highest BCUT2D eigenvalue weighted by molar-refractivity contribution is 5.60. The zero-order valence-corrected chi connectivity index (χ0v) is 9.44. The number of hydrogen-bond acceptors (Lipinski definition) is 3. The number of nitrogens with two attached hydrogens (primary N) is 1. The Hall–Kier alpha value is -1.81. The molecule has 0 spiro atoms. The van der Waals surface area contributed by atoms with Crippen LogP contribution < -0.4 is 5.73 Å². The molecular formula is C12H15N3O. The molecule has 1 heterocycles. The summed E-state index contributed by atoms with van der Waals surface area (Å²) < 4.78 is 1.90. The number of nitrogens with zero attached hydrogens (tertiary/aromatic N) is 2. The first-order chi connectivity index (χ1) is 7.63. The molecule has 16 heavy (non-hydrogen) atoms. The van der Waals surface area contributed by atoms with E-state index in [1.165, 1.54) is 0 Å². The van der Waals surface area contributed by atoms with Gasteiger partial charge in [0.25, 0.3) is 0 Å². The van der Waals surface area contributed by atoms with Gasteiger partial charge in [0.1, 0.15) is 0 Å². The van der Waals surface area contributed by atoms with E-state index in [0.29, 0.717) is 5.69 Å². The monoisotopic (exact) mass is 217 g/mol. The van der Waals surface area contributed by atoms with Gasteiger partial charge in [-0.05, 0) is 31.0 Å². The summed E-state index contributed by atoms with van der Waals surface area (Å²) in [6, 6.07) is 3.88. The minimum absolute atomic E-state index is 0.0482. The van der Waals surface area contributed by atoms with E-state index in [1.807, 2.05) is 36.7 Å². The van der Waals surface area contributed by atoms with Gasteiger partial charge in [-0.2, -0.15) is 0 Å². The number of nitrogen functional groups attached to an aromatic ring is 1. The fraction of sp³-hybridized carbons (Fsp3) is 0.250.